The first-order chi connectivity index (χ1) is 13.2. The number of amides is 1. The Hall–Kier alpha value is -2.59. The maximum absolute atomic E-state index is 12.5. The molecule has 1 unspecified atom stereocenters. The van der Waals surface area contributed by atoms with Crippen LogP contribution in [-0.4, -0.2) is 5.91 Å². The van der Waals surface area contributed by atoms with Gasteiger partial charge in [-0.3, -0.25) is 4.79 Å². The number of hydrogen-bond acceptors (Lipinski definition) is 3. The fourth-order valence-electron chi connectivity index (χ4n) is 3.47. The van der Waals surface area contributed by atoms with E-state index < -0.39 is 0 Å². The van der Waals surface area contributed by atoms with Crippen LogP contribution >= 0.6 is 11.3 Å². The Labute approximate surface area is 164 Å². The zero-order valence-corrected chi connectivity index (χ0v) is 16.2. The molecule has 3 nitrogen and oxygen atoms in total. The van der Waals surface area contributed by atoms with E-state index >= 15 is 0 Å². The third-order valence-electron chi connectivity index (χ3n) is 5.00. The Morgan fingerprint density at radius 1 is 1.11 bits per heavy atom. The van der Waals surface area contributed by atoms with Gasteiger partial charge < -0.3 is 10.1 Å². The van der Waals surface area contributed by atoms with Crippen molar-refractivity contribution in [1.29, 1.82) is 0 Å². The highest BCUT2D eigenvalue weighted by Crippen LogP contribution is 2.27. The monoisotopic (exact) mass is 377 g/mol. The van der Waals surface area contributed by atoms with Gasteiger partial charge in [-0.1, -0.05) is 36.4 Å². The highest BCUT2D eigenvalue weighted by atomic mass is 32.1. The lowest BCUT2D eigenvalue weighted by molar-refractivity contribution is 0.0944. The van der Waals surface area contributed by atoms with Gasteiger partial charge in [0.1, 0.15) is 12.4 Å². The van der Waals surface area contributed by atoms with Crippen LogP contribution in [0.3, 0.4) is 0 Å². The Morgan fingerprint density at radius 3 is 2.78 bits per heavy atom. The van der Waals surface area contributed by atoms with Gasteiger partial charge in [0.15, 0.2) is 0 Å². The smallest absolute Gasteiger partial charge is 0.261 e. The van der Waals surface area contributed by atoms with E-state index in [0.717, 1.165) is 23.3 Å². The van der Waals surface area contributed by atoms with Crippen LogP contribution in [0, 0.1) is 0 Å². The van der Waals surface area contributed by atoms with Crippen molar-refractivity contribution in [3.63, 3.8) is 0 Å². The molecule has 0 saturated heterocycles. The van der Waals surface area contributed by atoms with E-state index in [-0.39, 0.29) is 11.9 Å². The summed E-state index contributed by atoms with van der Waals surface area (Å²) in [4.78, 5) is 13.2. The van der Waals surface area contributed by atoms with Gasteiger partial charge in [-0.2, -0.15) is 0 Å². The number of nitrogens with one attached hydrogen (secondary N) is 1. The van der Waals surface area contributed by atoms with Gasteiger partial charge in [-0.15, -0.1) is 11.3 Å². The van der Waals surface area contributed by atoms with Crippen molar-refractivity contribution in [3.8, 4) is 5.75 Å². The Kier molecular flexibility index (Phi) is 5.26. The summed E-state index contributed by atoms with van der Waals surface area (Å²) in [5.41, 5.74) is 4.98. The lowest BCUT2D eigenvalue weighted by Crippen LogP contribution is -2.25. The fraction of sp³-hybridized carbons (Fsp3) is 0.261. The number of hydrogen-bond donors (Lipinski definition) is 1. The molecule has 3 aromatic rings. The minimum Gasteiger partial charge on any atom is -0.489 e. The quantitative estimate of drug-likeness (QED) is 0.632. The van der Waals surface area contributed by atoms with Gasteiger partial charge >= 0.3 is 0 Å². The number of carbonyl (C=O) groups is 1. The van der Waals surface area contributed by atoms with Crippen molar-refractivity contribution in [1.82, 2.24) is 5.32 Å². The molecule has 0 saturated carbocycles. The zero-order valence-electron chi connectivity index (χ0n) is 15.4. The molecule has 0 fully saturated rings. The van der Waals surface area contributed by atoms with Crippen LogP contribution < -0.4 is 10.1 Å². The highest BCUT2D eigenvalue weighted by Gasteiger charge is 2.14. The zero-order chi connectivity index (χ0) is 18.6. The van der Waals surface area contributed by atoms with Crippen LogP contribution in [0.1, 0.15) is 51.3 Å². The maximum atomic E-state index is 12.5. The van der Waals surface area contributed by atoms with E-state index in [2.05, 4.69) is 17.4 Å². The summed E-state index contributed by atoms with van der Waals surface area (Å²) in [6, 6.07) is 18.3. The second-order valence-electron chi connectivity index (χ2n) is 7.00. The Bertz CT molecular complexity index is 933. The molecular formula is C23H23NO2S. The third-order valence-corrected chi connectivity index (χ3v) is 5.98. The molecule has 1 amide bonds. The predicted molar refractivity (Wildman–Crippen MR) is 109 cm³/mol. The highest BCUT2D eigenvalue weighted by molar-refractivity contribution is 7.12. The molecule has 138 valence electrons. The summed E-state index contributed by atoms with van der Waals surface area (Å²) in [6.07, 6.45) is 3.57. The van der Waals surface area contributed by atoms with Crippen molar-refractivity contribution in [3.05, 3.63) is 87.1 Å². The average molecular weight is 378 g/mol. The van der Waals surface area contributed by atoms with Crippen LogP contribution in [0.2, 0.25) is 0 Å². The van der Waals surface area contributed by atoms with Crippen molar-refractivity contribution < 1.29 is 9.53 Å². The second kappa shape index (κ2) is 7.97. The molecule has 1 atom stereocenters. The lowest BCUT2D eigenvalue weighted by Gasteiger charge is -2.13. The van der Waals surface area contributed by atoms with Crippen molar-refractivity contribution in [2.45, 2.75) is 38.8 Å². The summed E-state index contributed by atoms with van der Waals surface area (Å²) in [7, 11) is 0. The van der Waals surface area contributed by atoms with Crippen LogP contribution in [0.25, 0.3) is 0 Å². The van der Waals surface area contributed by atoms with E-state index in [1.165, 1.54) is 35.3 Å². The molecule has 27 heavy (non-hydrogen) atoms. The molecule has 1 aliphatic rings. The first-order valence-electron chi connectivity index (χ1n) is 9.37. The summed E-state index contributed by atoms with van der Waals surface area (Å²) >= 11 is 1.46. The molecule has 1 N–H and O–H groups in total. The van der Waals surface area contributed by atoms with Gasteiger partial charge in [0, 0.05) is 5.56 Å². The Morgan fingerprint density at radius 2 is 1.93 bits per heavy atom. The van der Waals surface area contributed by atoms with Crippen molar-refractivity contribution in [2.75, 3.05) is 0 Å². The largest absolute Gasteiger partial charge is 0.489 e. The molecule has 0 radical (unpaired) electrons. The number of aryl methyl sites for hydroxylation is 2. The molecule has 1 aromatic heterocycles. The number of rotatable bonds is 6. The molecule has 4 heteroatoms. The maximum Gasteiger partial charge on any atom is 0.261 e. The van der Waals surface area contributed by atoms with Gasteiger partial charge in [0.05, 0.1) is 10.9 Å². The van der Waals surface area contributed by atoms with Crippen molar-refractivity contribution >= 4 is 17.2 Å². The summed E-state index contributed by atoms with van der Waals surface area (Å²) < 4.78 is 5.94. The second-order valence-corrected chi connectivity index (χ2v) is 7.91. The van der Waals surface area contributed by atoms with E-state index in [4.69, 9.17) is 4.74 Å². The number of fused-ring (bicyclic) bond motifs is 1. The minimum atomic E-state index is -0.0415. The topological polar surface area (TPSA) is 38.3 Å². The SMILES string of the molecule is CC(NC(=O)c1cc(COc2ccc3c(c2)CCC3)cs1)c1ccccc1. The molecule has 4 rings (SSSR count). The van der Waals surface area contributed by atoms with Crippen molar-refractivity contribution in [2.24, 2.45) is 0 Å². The van der Waals surface area contributed by atoms with E-state index in [0.29, 0.717) is 11.5 Å². The third kappa shape index (κ3) is 4.22. The standard InChI is InChI=1S/C23H23NO2S/c1-16(18-6-3-2-4-7-18)24-23(25)22-12-17(15-27-22)14-26-21-11-10-19-8-5-9-20(19)13-21/h2-4,6-7,10-13,15-16H,5,8-9,14H2,1H3,(H,24,25). The summed E-state index contributed by atoms with van der Waals surface area (Å²) in [5.74, 6) is 0.866. The fourth-order valence-corrected chi connectivity index (χ4v) is 4.27. The van der Waals surface area contributed by atoms with Gasteiger partial charge in [0.2, 0.25) is 0 Å². The predicted octanol–water partition coefficient (Wildman–Crippen LogP) is 5.31. The molecule has 1 heterocycles. The Balaban J connectivity index is 1.34. The molecule has 0 spiro atoms. The van der Waals surface area contributed by atoms with Crippen LogP contribution in [-0.2, 0) is 19.4 Å². The number of carbonyl (C=O) groups excluding carboxylic acids is 1. The molecule has 0 bridgehead atoms. The number of thiophene rings is 1. The average Bonchev–Trinajstić information content (AvgIpc) is 3.36. The van der Waals surface area contributed by atoms with E-state index in [1.54, 1.807) is 0 Å². The van der Waals surface area contributed by atoms with Gasteiger partial charge in [-0.25, -0.2) is 0 Å². The van der Waals surface area contributed by atoms with E-state index in [9.17, 15) is 4.79 Å². The summed E-state index contributed by atoms with van der Waals surface area (Å²) in [6.45, 7) is 2.48. The van der Waals surface area contributed by atoms with Gasteiger partial charge in [-0.05, 0) is 66.5 Å². The first kappa shape index (κ1) is 17.8. The van der Waals surface area contributed by atoms with Gasteiger partial charge in [0.25, 0.3) is 5.91 Å². The van der Waals surface area contributed by atoms with Crippen LogP contribution in [0.4, 0.5) is 0 Å². The van der Waals surface area contributed by atoms with Crippen LogP contribution in [0.15, 0.2) is 60.0 Å². The van der Waals surface area contributed by atoms with Crippen LogP contribution in [0.5, 0.6) is 5.75 Å². The molecule has 0 aliphatic heterocycles. The summed E-state index contributed by atoms with van der Waals surface area (Å²) in [5, 5.41) is 5.05. The molecular weight excluding hydrogens is 354 g/mol. The number of ether oxygens (including phenoxy) is 1. The lowest BCUT2D eigenvalue weighted by atomic mass is 10.1. The number of benzene rings is 2. The minimum absolute atomic E-state index is 0.0214. The van der Waals surface area contributed by atoms with E-state index in [1.807, 2.05) is 54.8 Å². The normalized spacial score (nSPS) is 13.8. The molecule has 2 aromatic carbocycles. The first-order valence-corrected chi connectivity index (χ1v) is 10.2. The molecule has 1 aliphatic carbocycles.